The number of halogens is 1. The topological polar surface area (TPSA) is 50.5 Å². The molecule has 2 heterocycles. The highest BCUT2D eigenvalue weighted by Crippen LogP contribution is 2.41. The summed E-state index contributed by atoms with van der Waals surface area (Å²) in [4.78, 5) is 28.7. The van der Waals surface area contributed by atoms with Crippen molar-refractivity contribution in [3.05, 3.63) is 109 Å². The number of rotatable bonds is 2. The van der Waals surface area contributed by atoms with E-state index in [-0.39, 0.29) is 17.1 Å². The lowest BCUT2D eigenvalue weighted by Gasteiger charge is -2.25. The van der Waals surface area contributed by atoms with Gasteiger partial charge in [0, 0.05) is 10.2 Å². The summed E-state index contributed by atoms with van der Waals surface area (Å²) in [5.41, 5.74) is 4.28. The molecule has 5 rings (SSSR count). The van der Waals surface area contributed by atoms with Crippen molar-refractivity contribution in [1.82, 2.24) is 0 Å². The van der Waals surface area contributed by atoms with Crippen LogP contribution in [-0.4, -0.2) is 5.91 Å². The Morgan fingerprint density at radius 1 is 0.900 bits per heavy atom. The second-order valence-corrected chi connectivity index (χ2v) is 8.49. The summed E-state index contributed by atoms with van der Waals surface area (Å²) in [5.74, 6) is -0.186. The predicted molar refractivity (Wildman–Crippen MR) is 121 cm³/mol. The second-order valence-electron chi connectivity index (χ2n) is 7.57. The minimum absolute atomic E-state index is 0.118. The number of carbonyl (C=O) groups excluding carboxylic acids is 1. The molecule has 0 aliphatic carbocycles. The van der Waals surface area contributed by atoms with Crippen LogP contribution >= 0.6 is 15.9 Å². The molecule has 1 aromatic heterocycles. The highest BCUT2D eigenvalue weighted by Gasteiger charge is 2.43. The Morgan fingerprint density at radius 3 is 2.27 bits per heavy atom. The molecule has 0 fully saturated rings. The average Bonchev–Trinajstić information content (AvgIpc) is 3.04. The zero-order valence-electron chi connectivity index (χ0n) is 16.5. The number of hydrogen-bond donors (Lipinski definition) is 0. The molecule has 0 spiro atoms. The molecule has 4 aromatic rings. The van der Waals surface area contributed by atoms with E-state index in [2.05, 4.69) is 15.9 Å². The molecule has 3 aromatic carbocycles. The van der Waals surface area contributed by atoms with E-state index in [0.29, 0.717) is 16.5 Å². The van der Waals surface area contributed by atoms with Crippen LogP contribution < -0.4 is 10.3 Å². The van der Waals surface area contributed by atoms with Crippen LogP contribution in [0.5, 0.6) is 0 Å². The summed E-state index contributed by atoms with van der Waals surface area (Å²) < 4.78 is 6.99. The molecule has 0 bridgehead atoms. The van der Waals surface area contributed by atoms with Crippen molar-refractivity contribution >= 4 is 38.5 Å². The number of amides is 1. The van der Waals surface area contributed by atoms with Gasteiger partial charge in [0.1, 0.15) is 5.58 Å². The van der Waals surface area contributed by atoms with Crippen LogP contribution in [-0.2, 0) is 0 Å². The maximum Gasteiger partial charge on any atom is 0.295 e. The van der Waals surface area contributed by atoms with Gasteiger partial charge in [-0.05, 0) is 66.9 Å². The zero-order chi connectivity index (χ0) is 21.0. The molecule has 1 aliphatic rings. The van der Waals surface area contributed by atoms with Crippen LogP contribution in [0.2, 0.25) is 0 Å². The van der Waals surface area contributed by atoms with Crippen LogP contribution in [0.25, 0.3) is 11.0 Å². The standard InChI is InChI=1S/C25H18BrNO3/c1-14-12-19-20(13-15(14)2)30-24-21(23(19)28)22(16-8-10-17(26)11-9-16)27(25(24)29)18-6-4-3-5-7-18/h3-13,22H,1-2H3. The first-order chi connectivity index (χ1) is 14.5. The Balaban J connectivity index is 1.83. The first kappa shape index (κ1) is 18.8. The smallest absolute Gasteiger partial charge is 0.295 e. The van der Waals surface area contributed by atoms with E-state index in [0.717, 1.165) is 26.9 Å². The van der Waals surface area contributed by atoms with Gasteiger partial charge in [-0.3, -0.25) is 14.5 Å². The van der Waals surface area contributed by atoms with Gasteiger partial charge in [0.15, 0.2) is 5.43 Å². The quantitative estimate of drug-likeness (QED) is 0.373. The van der Waals surface area contributed by atoms with Crippen molar-refractivity contribution in [2.75, 3.05) is 4.90 Å². The van der Waals surface area contributed by atoms with Gasteiger partial charge in [-0.1, -0.05) is 46.3 Å². The van der Waals surface area contributed by atoms with Crippen molar-refractivity contribution in [3.63, 3.8) is 0 Å². The molecule has 148 valence electrons. The summed E-state index contributed by atoms with van der Waals surface area (Å²) in [5, 5.41) is 0.502. The predicted octanol–water partition coefficient (Wildman–Crippen LogP) is 5.92. The van der Waals surface area contributed by atoms with E-state index in [1.807, 2.05) is 80.6 Å². The minimum atomic E-state index is -0.551. The van der Waals surface area contributed by atoms with Crippen LogP contribution in [0.4, 0.5) is 5.69 Å². The highest BCUT2D eigenvalue weighted by molar-refractivity contribution is 9.10. The molecule has 4 nitrogen and oxygen atoms in total. The van der Waals surface area contributed by atoms with Crippen molar-refractivity contribution in [1.29, 1.82) is 0 Å². The lowest BCUT2D eigenvalue weighted by molar-refractivity contribution is 0.0971. The third-order valence-corrected chi connectivity index (χ3v) is 6.24. The van der Waals surface area contributed by atoms with E-state index < -0.39 is 6.04 Å². The fraction of sp³-hybridized carbons (Fsp3) is 0.120. The van der Waals surface area contributed by atoms with Crippen LogP contribution in [0.15, 0.2) is 80.4 Å². The number of benzene rings is 3. The van der Waals surface area contributed by atoms with E-state index >= 15 is 0 Å². The molecule has 0 saturated heterocycles. The number of aryl methyl sites for hydroxylation is 2. The highest BCUT2D eigenvalue weighted by atomic mass is 79.9. The van der Waals surface area contributed by atoms with Gasteiger partial charge >= 0.3 is 0 Å². The fourth-order valence-electron chi connectivity index (χ4n) is 4.04. The van der Waals surface area contributed by atoms with Gasteiger partial charge in [-0.25, -0.2) is 0 Å². The minimum Gasteiger partial charge on any atom is -0.450 e. The lowest BCUT2D eigenvalue weighted by atomic mass is 9.97. The van der Waals surface area contributed by atoms with Gasteiger partial charge in [-0.2, -0.15) is 0 Å². The van der Waals surface area contributed by atoms with Crippen molar-refractivity contribution in [3.8, 4) is 0 Å². The largest absolute Gasteiger partial charge is 0.450 e. The normalized spacial score (nSPS) is 15.6. The number of hydrogen-bond acceptors (Lipinski definition) is 3. The molecule has 1 aliphatic heterocycles. The number of anilines is 1. The summed E-state index contributed by atoms with van der Waals surface area (Å²) in [6.07, 6.45) is 0. The summed E-state index contributed by atoms with van der Waals surface area (Å²) in [6.45, 7) is 3.93. The SMILES string of the molecule is Cc1cc2oc3c(c(=O)c2cc1C)C(c1ccc(Br)cc1)N(c1ccccc1)C3=O. The van der Waals surface area contributed by atoms with Gasteiger partial charge in [0.25, 0.3) is 5.91 Å². The molecule has 5 heteroatoms. The molecule has 0 saturated carbocycles. The third-order valence-electron chi connectivity index (χ3n) is 5.71. The van der Waals surface area contributed by atoms with Crippen molar-refractivity contribution in [2.24, 2.45) is 0 Å². The van der Waals surface area contributed by atoms with Crippen LogP contribution in [0.3, 0.4) is 0 Å². The fourth-order valence-corrected chi connectivity index (χ4v) is 4.31. The van der Waals surface area contributed by atoms with E-state index in [9.17, 15) is 9.59 Å². The van der Waals surface area contributed by atoms with Gasteiger partial charge < -0.3 is 4.42 Å². The molecule has 0 N–H and O–H groups in total. The Morgan fingerprint density at radius 2 is 1.57 bits per heavy atom. The first-order valence-corrected chi connectivity index (χ1v) is 10.5. The molecule has 1 unspecified atom stereocenters. The van der Waals surface area contributed by atoms with Gasteiger partial charge in [0.05, 0.1) is 17.0 Å². The third kappa shape index (κ3) is 2.81. The molecule has 30 heavy (non-hydrogen) atoms. The molecule has 0 radical (unpaired) electrons. The monoisotopic (exact) mass is 459 g/mol. The van der Waals surface area contributed by atoms with Gasteiger partial charge in [0.2, 0.25) is 5.76 Å². The summed E-state index contributed by atoms with van der Waals surface area (Å²) >= 11 is 3.46. The maximum absolute atomic E-state index is 13.6. The van der Waals surface area contributed by atoms with Crippen molar-refractivity contribution in [2.45, 2.75) is 19.9 Å². The summed E-state index contributed by atoms with van der Waals surface area (Å²) in [6, 6.07) is 20.2. The number of carbonyl (C=O) groups is 1. The van der Waals surface area contributed by atoms with Crippen molar-refractivity contribution < 1.29 is 9.21 Å². The number of fused-ring (bicyclic) bond motifs is 2. The Bertz CT molecular complexity index is 1360. The first-order valence-electron chi connectivity index (χ1n) is 9.67. The molecule has 1 atom stereocenters. The average molecular weight is 460 g/mol. The number of nitrogens with zero attached hydrogens (tertiary/aromatic N) is 1. The van der Waals surface area contributed by atoms with Crippen LogP contribution in [0, 0.1) is 13.8 Å². The van der Waals surface area contributed by atoms with Crippen LogP contribution in [0.1, 0.15) is 38.9 Å². The molecular formula is C25H18BrNO3. The Kier molecular flexibility index (Phi) is 4.36. The molecule has 1 amide bonds. The maximum atomic E-state index is 13.6. The molecular weight excluding hydrogens is 442 g/mol. The Labute approximate surface area is 181 Å². The Hall–Kier alpha value is -3.18. The lowest BCUT2D eigenvalue weighted by Crippen LogP contribution is -2.29. The zero-order valence-corrected chi connectivity index (χ0v) is 18.1. The summed E-state index contributed by atoms with van der Waals surface area (Å²) in [7, 11) is 0. The van der Waals surface area contributed by atoms with E-state index in [4.69, 9.17) is 4.42 Å². The second kappa shape index (κ2) is 6.96. The van der Waals surface area contributed by atoms with E-state index in [1.54, 1.807) is 4.90 Å². The number of para-hydroxylation sites is 1. The van der Waals surface area contributed by atoms with E-state index in [1.165, 1.54) is 0 Å². The van der Waals surface area contributed by atoms with Gasteiger partial charge in [-0.15, -0.1) is 0 Å².